The number of nitrogens with zero attached hydrogens (tertiary/aromatic N) is 5. The molecular weight excluding hydrogens is 318 g/mol. The highest BCUT2D eigenvalue weighted by atomic mass is 16.5. The van der Waals surface area contributed by atoms with E-state index in [0.29, 0.717) is 18.2 Å². The highest BCUT2D eigenvalue weighted by Gasteiger charge is 2.22. The van der Waals surface area contributed by atoms with Crippen molar-refractivity contribution in [2.45, 2.75) is 39.7 Å². The van der Waals surface area contributed by atoms with Gasteiger partial charge in [0.2, 0.25) is 0 Å². The van der Waals surface area contributed by atoms with E-state index in [4.69, 9.17) is 4.52 Å². The Morgan fingerprint density at radius 1 is 1.20 bits per heavy atom. The Morgan fingerprint density at radius 2 is 2.04 bits per heavy atom. The highest BCUT2D eigenvalue weighted by Crippen LogP contribution is 2.17. The van der Waals surface area contributed by atoms with Crippen LogP contribution in [0, 0.1) is 6.92 Å². The molecule has 25 heavy (non-hydrogen) atoms. The summed E-state index contributed by atoms with van der Waals surface area (Å²) in [6.45, 7) is 9.97. The fourth-order valence-electron chi connectivity index (χ4n) is 2.90. The minimum absolute atomic E-state index is 0.0436. The van der Waals surface area contributed by atoms with Gasteiger partial charge in [-0.2, -0.15) is 0 Å². The molecule has 1 aliphatic heterocycles. The molecule has 134 valence electrons. The Kier molecular flexibility index (Phi) is 5.43. The number of rotatable bonds is 4. The second-order valence-electron chi connectivity index (χ2n) is 6.84. The predicted molar refractivity (Wildman–Crippen MR) is 93.2 cm³/mol. The van der Waals surface area contributed by atoms with Gasteiger partial charge in [0.05, 0.1) is 17.6 Å². The summed E-state index contributed by atoms with van der Waals surface area (Å²) in [6, 6.07) is 2.03. The normalized spacial score (nSPS) is 16.2. The highest BCUT2D eigenvalue weighted by molar-refractivity contribution is 5.92. The second kappa shape index (κ2) is 7.74. The molecule has 0 radical (unpaired) electrons. The molecule has 0 bridgehead atoms. The van der Waals surface area contributed by atoms with Crippen molar-refractivity contribution in [1.82, 2.24) is 24.9 Å². The lowest BCUT2D eigenvalue weighted by Crippen LogP contribution is -2.35. The fourth-order valence-corrected chi connectivity index (χ4v) is 2.90. The molecule has 3 rings (SSSR count). The van der Waals surface area contributed by atoms with Gasteiger partial charge in [0.1, 0.15) is 11.5 Å². The summed E-state index contributed by atoms with van der Waals surface area (Å²) in [5, 5.41) is 4.16. The molecule has 2 aromatic rings. The molecule has 7 heteroatoms. The molecule has 0 saturated carbocycles. The van der Waals surface area contributed by atoms with Crippen molar-refractivity contribution in [1.29, 1.82) is 0 Å². The van der Waals surface area contributed by atoms with Crippen LogP contribution in [-0.4, -0.2) is 57.0 Å². The number of hydrogen-bond acceptors (Lipinski definition) is 6. The minimum Gasteiger partial charge on any atom is -0.361 e. The van der Waals surface area contributed by atoms with Crippen LogP contribution in [-0.2, 0) is 6.54 Å². The van der Waals surface area contributed by atoms with Gasteiger partial charge in [0.15, 0.2) is 0 Å². The van der Waals surface area contributed by atoms with Gasteiger partial charge in [0, 0.05) is 50.9 Å². The van der Waals surface area contributed by atoms with Crippen LogP contribution in [0.1, 0.15) is 53.8 Å². The standard InChI is InChI=1S/C18H25N5O2/c1-13(2)17-9-15(21-25-17)12-22-5-4-6-23(8-7-22)18(24)16-11-19-14(3)10-20-16/h9-11,13H,4-8,12H2,1-3H3. The van der Waals surface area contributed by atoms with Gasteiger partial charge >= 0.3 is 0 Å². The summed E-state index contributed by atoms with van der Waals surface area (Å²) in [5.74, 6) is 1.21. The Morgan fingerprint density at radius 3 is 2.72 bits per heavy atom. The third-order valence-corrected chi connectivity index (χ3v) is 4.41. The number of carbonyl (C=O) groups is 1. The summed E-state index contributed by atoms with van der Waals surface area (Å²) < 4.78 is 5.37. The van der Waals surface area contributed by atoms with Crippen LogP contribution in [0.15, 0.2) is 23.0 Å². The van der Waals surface area contributed by atoms with Crippen molar-refractivity contribution in [3.63, 3.8) is 0 Å². The first-order valence-electron chi connectivity index (χ1n) is 8.78. The average molecular weight is 343 g/mol. The lowest BCUT2D eigenvalue weighted by atomic mass is 10.1. The SMILES string of the molecule is Cc1cnc(C(=O)N2CCCN(Cc3cc(C(C)C)on3)CC2)cn1. The van der Waals surface area contributed by atoms with Crippen molar-refractivity contribution >= 4 is 5.91 Å². The summed E-state index contributed by atoms with van der Waals surface area (Å²) in [6.07, 6.45) is 4.12. The molecule has 0 aromatic carbocycles. The van der Waals surface area contributed by atoms with Crippen LogP contribution < -0.4 is 0 Å². The number of amides is 1. The van der Waals surface area contributed by atoms with Crippen LogP contribution in [0.2, 0.25) is 0 Å². The van der Waals surface area contributed by atoms with E-state index in [2.05, 4.69) is 33.9 Å². The van der Waals surface area contributed by atoms with E-state index in [1.54, 1.807) is 12.4 Å². The Bertz CT molecular complexity index is 711. The fraction of sp³-hybridized carbons (Fsp3) is 0.556. The zero-order valence-corrected chi connectivity index (χ0v) is 15.1. The number of carbonyl (C=O) groups excluding carboxylic acids is 1. The average Bonchev–Trinajstić information content (AvgIpc) is 2.94. The van der Waals surface area contributed by atoms with Gasteiger partial charge in [-0.1, -0.05) is 19.0 Å². The predicted octanol–water partition coefficient (Wildman–Crippen LogP) is 2.24. The first-order chi connectivity index (χ1) is 12.0. The van der Waals surface area contributed by atoms with Crippen molar-refractivity contribution in [2.24, 2.45) is 0 Å². The summed E-state index contributed by atoms with van der Waals surface area (Å²) in [4.78, 5) is 25.1. The Hall–Kier alpha value is -2.28. The minimum atomic E-state index is -0.0436. The molecule has 0 aliphatic carbocycles. The van der Waals surface area contributed by atoms with Gasteiger partial charge < -0.3 is 9.42 Å². The monoisotopic (exact) mass is 343 g/mol. The second-order valence-corrected chi connectivity index (χ2v) is 6.84. The van der Waals surface area contributed by atoms with E-state index in [1.165, 1.54) is 0 Å². The smallest absolute Gasteiger partial charge is 0.274 e. The van der Waals surface area contributed by atoms with Crippen molar-refractivity contribution in [3.8, 4) is 0 Å². The van der Waals surface area contributed by atoms with Crippen LogP contribution in [0.4, 0.5) is 0 Å². The van der Waals surface area contributed by atoms with Crippen molar-refractivity contribution < 1.29 is 9.32 Å². The maximum atomic E-state index is 12.6. The molecule has 1 fully saturated rings. The molecule has 2 aromatic heterocycles. The molecule has 1 saturated heterocycles. The van der Waals surface area contributed by atoms with E-state index in [-0.39, 0.29) is 5.91 Å². The summed E-state index contributed by atoms with van der Waals surface area (Å²) in [7, 11) is 0. The first kappa shape index (κ1) is 17.5. The Labute approximate surface area is 148 Å². The molecule has 1 aliphatic rings. The van der Waals surface area contributed by atoms with Gasteiger partial charge in [-0.15, -0.1) is 0 Å². The third-order valence-electron chi connectivity index (χ3n) is 4.41. The van der Waals surface area contributed by atoms with Crippen LogP contribution in [0.3, 0.4) is 0 Å². The molecular formula is C18H25N5O2. The molecule has 0 N–H and O–H groups in total. The maximum absolute atomic E-state index is 12.6. The quantitative estimate of drug-likeness (QED) is 0.847. The lowest BCUT2D eigenvalue weighted by molar-refractivity contribution is 0.0754. The van der Waals surface area contributed by atoms with Gasteiger partial charge in [0.25, 0.3) is 5.91 Å². The zero-order chi connectivity index (χ0) is 17.8. The number of aromatic nitrogens is 3. The van der Waals surface area contributed by atoms with E-state index in [1.807, 2.05) is 17.9 Å². The van der Waals surface area contributed by atoms with Crippen LogP contribution in [0.25, 0.3) is 0 Å². The van der Waals surface area contributed by atoms with Gasteiger partial charge in [-0.3, -0.25) is 14.7 Å². The number of hydrogen-bond donors (Lipinski definition) is 0. The Balaban J connectivity index is 1.58. The molecule has 3 heterocycles. The first-order valence-corrected chi connectivity index (χ1v) is 8.78. The zero-order valence-electron chi connectivity index (χ0n) is 15.1. The summed E-state index contributed by atoms with van der Waals surface area (Å²) >= 11 is 0. The molecule has 0 unspecified atom stereocenters. The van der Waals surface area contributed by atoms with E-state index in [0.717, 1.165) is 49.7 Å². The van der Waals surface area contributed by atoms with Gasteiger partial charge in [-0.05, 0) is 13.3 Å². The molecule has 0 atom stereocenters. The van der Waals surface area contributed by atoms with Crippen LogP contribution >= 0.6 is 0 Å². The molecule has 0 spiro atoms. The summed E-state index contributed by atoms with van der Waals surface area (Å²) in [5.41, 5.74) is 2.18. The van der Waals surface area contributed by atoms with E-state index >= 15 is 0 Å². The largest absolute Gasteiger partial charge is 0.361 e. The molecule has 1 amide bonds. The lowest BCUT2D eigenvalue weighted by Gasteiger charge is -2.21. The molecule has 7 nitrogen and oxygen atoms in total. The van der Waals surface area contributed by atoms with Crippen molar-refractivity contribution in [2.75, 3.05) is 26.2 Å². The van der Waals surface area contributed by atoms with E-state index < -0.39 is 0 Å². The number of aryl methyl sites for hydroxylation is 1. The van der Waals surface area contributed by atoms with Crippen molar-refractivity contribution in [3.05, 3.63) is 41.3 Å². The maximum Gasteiger partial charge on any atom is 0.274 e. The third kappa shape index (κ3) is 4.42. The van der Waals surface area contributed by atoms with Crippen LogP contribution in [0.5, 0.6) is 0 Å². The van der Waals surface area contributed by atoms with E-state index in [9.17, 15) is 4.79 Å². The van der Waals surface area contributed by atoms with Gasteiger partial charge in [-0.25, -0.2) is 4.98 Å². The topological polar surface area (TPSA) is 75.4 Å².